The Balaban J connectivity index is 4.33. The zero-order chi connectivity index (χ0) is 11.4. The number of aliphatic carboxylic acids is 1. The molecule has 0 aromatic carbocycles. The van der Waals surface area contributed by atoms with Gasteiger partial charge in [0.1, 0.15) is 18.5 Å². The molecule has 14 heavy (non-hydrogen) atoms. The predicted octanol–water partition coefficient (Wildman–Crippen LogP) is -0.452. The van der Waals surface area contributed by atoms with Crippen LogP contribution in [0.4, 0.5) is 0 Å². The van der Waals surface area contributed by atoms with Crippen molar-refractivity contribution < 1.29 is 24.3 Å². The van der Waals surface area contributed by atoms with E-state index in [1.807, 2.05) is 0 Å². The molecule has 4 N–H and O–H groups in total. The number of nitrogens with one attached hydrogen (secondary N) is 1. The molecule has 0 atom stereocenters. The quantitative estimate of drug-likeness (QED) is 0.285. The first kappa shape index (κ1) is 13.1. The van der Waals surface area contributed by atoms with Crippen molar-refractivity contribution in [2.24, 2.45) is 0 Å². The number of carboxylic acids is 1. The van der Waals surface area contributed by atoms with Crippen molar-refractivity contribution in [2.45, 2.75) is 6.92 Å². The molecule has 0 spiro atoms. The van der Waals surface area contributed by atoms with Crippen LogP contribution in [0, 0.1) is 5.41 Å². The molecule has 0 heterocycles. The van der Waals surface area contributed by atoms with E-state index in [4.69, 9.17) is 20.3 Å². The van der Waals surface area contributed by atoms with Gasteiger partial charge in [0.05, 0.1) is 0 Å². The molecule has 0 fully saturated rings. The molecule has 0 aliphatic rings. The molecule has 0 aromatic rings. The highest BCUT2D eigenvalue weighted by Crippen LogP contribution is 2.34. The van der Waals surface area contributed by atoms with E-state index in [1.54, 1.807) is 6.92 Å². The van der Waals surface area contributed by atoms with Crippen molar-refractivity contribution in [1.29, 1.82) is 5.41 Å². The Labute approximate surface area is 81.0 Å². The maximum absolute atomic E-state index is 10.5. The van der Waals surface area contributed by atoms with E-state index >= 15 is 0 Å². The number of carbonyl (C=O) groups is 1. The lowest BCUT2D eigenvalue weighted by molar-refractivity contribution is -0.137. The monoisotopic (exact) mass is 224 g/mol. The van der Waals surface area contributed by atoms with Crippen molar-refractivity contribution >= 4 is 19.4 Å². The van der Waals surface area contributed by atoms with Gasteiger partial charge in [-0.15, -0.1) is 0 Å². The van der Waals surface area contributed by atoms with Crippen LogP contribution in [0.25, 0.3) is 0 Å². The summed E-state index contributed by atoms with van der Waals surface area (Å²) in [6, 6.07) is 0. The summed E-state index contributed by atoms with van der Waals surface area (Å²) in [5.74, 6) is -1.49. The van der Waals surface area contributed by atoms with Crippen LogP contribution in [0.1, 0.15) is 6.92 Å². The van der Waals surface area contributed by atoms with Crippen LogP contribution in [0.2, 0.25) is 0 Å². The van der Waals surface area contributed by atoms with E-state index in [2.05, 4.69) is 0 Å². The fraction of sp³-hybridized carbons (Fsp3) is 0.667. The zero-order valence-corrected chi connectivity index (χ0v) is 8.57. The van der Waals surface area contributed by atoms with Crippen LogP contribution in [0.15, 0.2) is 0 Å². The third kappa shape index (κ3) is 5.69. The number of carboxylic acid groups (broad SMARTS) is 1. The summed E-state index contributed by atoms with van der Waals surface area (Å²) >= 11 is 0. The van der Waals surface area contributed by atoms with Crippen LogP contribution in [0.5, 0.6) is 0 Å². The summed E-state index contributed by atoms with van der Waals surface area (Å²) in [7, 11) is -4.29. The molecular weight excluding hydrogens is 211 g/mol. The van der Waals surface area contributed by atoms with E-state index in [0.717, 1.165) is 4.90 Å². The second-order valence-corrected chi connectivity index (χ2v) is 4.32. The van der Waals surface area contributed by atoms with E-state index < -0.39 is 26.3 Å². The Kier molecular flexibility index (Phi) is 4.76. The first-order chi connectivity index (χ1) is 6.26. The fourth-order valence-electron chi connectivity index (χ4n) is 0.856. The van der Waals surface area contributed by atoms with Gasteiger partial charge in [0, 0.05) is 6.54 Å². The summed E-state index contributed by atoms with van der Waals surface area (Å²) in [5, 5.41) is 15.7. The van der Waals surface area contributed by atoms with Gasteiger partial charge in [-0.3, -0.25) is 14.8 Å². The molecular formula is C6H13N2O5P. The van der Waals surface area contributed by atoms with E-state index in [1.165, 1.54) is 0 Å². The average Bonchev–Trinajstić information content (AvgIpc) is 1.96. The van der Waals surface area contributed by atoms with Gasteiger partial charge >= 0.3 is 13.6 Å². The molecule has 0 aliphatic carbocycles. The van der Waals surface area contributed by atoms with Crippen LogP contribution in [-0.2, 0) is 9.36 Å². The molecule has 0 bridgehead atoms. The number of nitrogens with zero attached hydrogens (tertiary/aromatic N) is 1. The lowest BCUT2D eigenvalue weighted by Crippen LogP contribution is -2.36. The molecule has 0 unspecified atom stereocenters. The van der Waals surface area contributed by atoms with Gasteiger partial charge in [-0.05, 0) is 6.92 Å². The van der Waals surface area contributed by atoms with E-state index in [0.29, 0.717) is 0 Å². The van der Waals surface area contributed by atoms with Crippen LogP contribution in [0.3, 0.4) is 0 Å². The largest absolute Gasteiger partial charge is 0.480 e. The lowest BCUT2D eigenvalue weighted by atomic mass is 10.4. The number of rotatable bonds is 5. The van der Waals surface area contributed by atoms with E-state index in [-0.39, 0.29) is 12.4 Å². The highest BCUT2D eigenvalue weighted by molar-refractivity contribution is 7.52. The number of amidine groups is 1. The average molecular weight is 224 g/mol. The Morgan fingerprint density at radius 1 is 1.50 bits per heavy atom. The van der Waals surface area contributed by atoms with Crippen LogP contribution >= 0.6 is 7.60 Å². The second kappa shape index (κ2) is 5.09. The maximum atomic E-state index is 10.5. The normalized spacial score (nSPS) is 11.1. The highest BCUT2D eigenvalue weighted by Gasteiger charge is 2.21. The van der Waals surface area contributed by atoms with E-state index in [9.17, 15) is 9.36 Å². The Morgan fingerprint density at radius 2 is 2.00 bits per heavy atom. The fourth-order valence-corrected chi connectivity index (χ4v) is 1.45. The SMILES string of the molecule is CCN(CC(=O)O)C(=N)CP(=O)(O)O. The predicted molar refractivity (Wildman–Crippen MR) is 49.5 cm³/mol. The van der Waals surface area contributed by atoms with Crippen LogP contribution in [-0.4, -0.2) is 50.8 Å². The molecule has 0 aliphatic heterocycles. The molecule has 0 amide bonds. The zero-order valence-electron chi connectivity index (χ0n) is 7.67. The first-order valence-electron chi connectivity index (χ1n) is 3.85. The van der Waals surface area contributed by atoms with Gasteiger partial charge < -0.3 is 19.8 Å². The molecule has 8 heteroatoms. The van der Waals surface area contributed by atoms with Gasteiger partial charge in [-0.25, -0.2) is 0 Å². The molecule has 0 radical (unpaired) electrons. The number of likely N-dealkylation sites (N-methyl/N-ethyl adjacent to an activating group) is 1. The minimum absolute atomic E-state index is 0.227. The summed E-state index contributed by atoms with van der Waals surface area (Å²) in [5.41, 5.74) is 0. The third-order valence-electron chi connectivity index (χ3n) is 1.45. The second-order valence-electron chi connectivity index (χ2n) is 2.68. The van der Waals surface area contributed by atoms with Crippen molar-refractivity contribution in [3.63, 3.8) is 0 Å². The van der Waals surface area contributed by atoms with Crippen molar-refractivity contribution in [2.75, 3.05) is 19.3 Å². The van der Waals surface area contributed by atoms with Gasteiger partial charge in [-0.2, -0.15) is 0 Å². The number of hydrogen-bond acceptors (Lipinski definition) is 3. The summed E-state index contributed by atoms with van der Waals surface area (Å²) < 4.78 is 10.5. The number of hydrogen-bond donors (Lipinski definition) is 4. The Bertz CT molecular complexity index is 273. The van der Waals surface area contributed by atoms with Gasteiger partial charge in [0.2, 0.25) is 0 Å². The molecule has 0 saturated carbocycles. The maximum Gasteiger partial charge on any atom is 0.333 e. The van der Waals surface area contributed by atoms with Crippen molar-refractivity contribution in [1.82, 2.24) is 4.90 Å². The van der Waals surface area contributed by atoms with Crippen molar-refractivity contribution in [3.8, 4) is 0 Å². The Hall–Kier alpha value is -0.910. The molecule has 82 valence electrons. The smallest absolute Gasteiger partial charge is 0.333 e. The highest BCUT2D eigenvalue weighted by atomic mass is 31.2. The first-order valence-corrected chi connectivity index (χ1v) is 5.64. The lowest BCUT2D eigenvalue weighted by Gasteiger charge is -2.21. The Morgan fingerprint density at radius 3 is 2.29 bits per heavy atom. The standard InChI is InChI=1S/C6H13N2O5P/c1-2-8(3-6(9)10)5(7)4-14(11,12)13/h7H,2-4H2,1H3,(H,9,10)(H2,11,12,13). The summed E-state index contributed by atoms with van der Waals surface area (Å²) in [6.45, 7) is 1.41. The minimum atomic E-state index is -4.29. The third-order valence-corrected chi connectivity index (χ3v) is 2.16. The van der Waals surface area contributed by atoms with Gasteiger partial charge in [-0.1, -0.05) is 0 Å². The molecule has 0 aromatic heterocycles. The molecule has 0 rings (SSSR count). The summed E-state index contributed by atoms with van der Waals surface area (Å²) in [6.07, 6.45) is -0.728. The van der Waals surface area contributed by atoms with Gasteiger partial charge in [0.15, 0.2) is 0 Å². The summed E-state index contributed by atoms with van der Waals surface area (Å²) in [4.78, 5) is 28.5. The minimum Gasteiger partial charge on any atom is -0.480 e. The molecule has 7 nitrogen and oxygen atoms in total. The van der Waals surface area contributed by atoms with Crippen LogP contribution < -0.4 is 0 Å². The van der Waals surface area contributed by atoms with Crippen molar-refractivity contribution in [3.05, 3.63) is 0 Å². The molecule has 0 saturated heterocycles. The topological polar surface area (TPSA) is 122 Å². The van der Waals surface area contributed by atoms with Gasteiger partial charge in [0.25, 0.3) is 0 Å².